The molecule has 5 rings (SSSR count). The van der Waals surface area contributed by atoms with Crippen molar-refractivity contribution in [3.8, 4) is 0 Å². The number of alkyl carbamates (subject to hydrolysis) is 1. The third kappa shape index (κ3) is 15.4. The van der Waals surface area contributed by atoms with Crippen LogP contribution in [0.3, 0.4) is 0 Å². The standard InChI is InChI=1S/C50H75N7O10S/c1-34(2)29-39(53-43(59)40(30-35-17-11-9-12-18-35)54-44(60)41(31-36-19-13-10-14-20-36)57(47(63)64)48(3,4)5)42(58)52-38(21-15-16-26-51-46(62)67-49(6,7)8)45(61)55-27-24-50(25-28-55)32-56(33-50)68(65,66)37-22-23-37/h9-14,17-20,34,37-41H,15-16,21-33H2,1-8H3,(H,51,62)(H,52,58)(H,53,59)(H,54,60)(H,63,64)/t38-,39-,40-,41-/m1/s1. The minimum Gasteiger partial charge on any atom is -0.465 e. The highest BCUT2D eigenvalue weighted by atomic mass is 32.2. The normalized spacial score (nSPS) is 18.0. The minimum absolute atomic E-state index is 0.0360. The summed E-state index contributed by atoms with van der Waals surface area (Å²) in [5.41, 5.74) is -0.408. The number of hydrogen-bond donors (Lipinski definition) is 5. The smallest absolute Gasteiger partial charge is 0.408 e. The zero-order chi connectivity index (χ0) is 50.0. The maximum Gasteiger partial charge on any atom is 0.408 e. The third-order valence-corrected chi connectivity index (χ3v) is 15.0. The van der Waals surface area contributed by atoms with Crippen molar-refractivity contribution in [3.63, 3.8) is 0 Å². The highest BCUT2D eigenvalue weighted by molar-refractivity contribution is 7.90. The number of nitrogens with one attached hydrogen (secondary N) is 4. The summed E-state index contributed by atoms with van der Waals surface area (Å²) < 4.78 is 32.6. The molecule has 2 saturated heterocycles. The van der Waals surface area contributed by atoms with E-state index >= 15 is 0 Å². The van der Waals surface area contributed by atoms with Crippen molar-refractivity contribution >= 4 is 45.8 Å². The van der Waals surface area contributed by atoms with E-state index in [1.807, 2.05) is 38.1 Å². The second kappa shape index (κ2) is 22.9. The number of piperidine rings is 1. The second-order valence-corrected chi connectivity index (χ2v) is 23.5. The number of nitrogens with zero attached hydrogens (tertiary/aromatic N) is 3. The van der Waals surface area contributed by atoms with Crippen LogP contribution in [0.25, 0.3) is 0 Å². The van der Waals surface area contributed by atoms with Crippen LogP contribution >= 0.6 is 0 Å². The molecule has 4 atom stereocenters. The van der Waals surface area contributed by atoms with Crippen LogP contribution in [-0.4, -0.2) is 137 Å². The number of likely N-dealkylation sites (tertiary alicyclic amines) is 1. The number of rotatable bonds is 21. The predicted octanol–water partition coefficient (Wildman–Crippen LogP) is 5.23. The Balaban J connectivity index is 1.33. The number of unbranched alkanes of at least 4 members (excludes halogenated alkanes) is 1. The predicted molar refractivity (Wildman–Crippen MR) is 259 cm³/mol. The van der Waals surface area contributed by atoms with Crippen LogP contribution in [0.15, 0.2) is 60.7 Å². The molecule has 2 aliphatic heterocycles. The van der Waals surface area contributed by atoms with Crippen LogP contribution in [0.4, 0.5) is 9.59 Å². The van der Waals surface area contributed by atoms with Gasteiger partial charge in [-0.25, -0.2) is 22.3 Å². The van der Waals surface area contributed by atoms with Crippen molar-refractivity contribution in [2.45, 2.75) is 160 Å². The van der Waals surface area contributed by atoms with Crippen LogP contribution in [0.5, 0.6) is 0 Å². The van der Waals surface area contributed by atoms with Gasteiger partial charge in [-0.15, -0.1) is 0 Å². The summed E-state index contributed by atoms with van der Waals surface area (Å²) in [6.45, 7) is 16.2. The van der Waals surface area contributed by atoms with Crippen molar-refractivity contribution < 1.29 is 47.0 Å². The Morgan fingerprint density at radius 3 is 1.81 bits per heavy atom. The topological polar surface area (TPSA) is 224 Å². The molecular weight excluding hydrogens is 891 g/mol. The highest BCUT2D eigenvalue weighted by Crippen LogP contribution is 2.45. The Morgan fingerprint density at radius 1 is 0.765 bits per heavy atom. The van der Waals surface area contributed by atoms with Gasteiger partial charge in [-0.05, 0) is 110 Å². The van der Waals surface area contributed by atoms with E-state index in [9.17, 15) is 42.3 Å². The highest BCUT2D eigenvalue weighted by Gasteiger charge is 2.53. The first-order valence-electron chi connectivity index (χ1n) is 24.1. The van der Waals surface area contributed by atoms with Gasteiger partial charge >= 0.3 is 12.2 Å². The molecular formula is C50H75N7O10S. The quantitative estimate of drug-likeness (QED) is 0.103. The van der Waals surface area contributed by atoms with Crippen LogP contribution < -0.4 is 21.3 Å². The fourth-order valence-corrected chi connectivity index (χ4v) is 11.1. The van der Waals surface area contributed by atoms with Gasteiger partial charge in [0.05, 0.1) is 5.25 Å². The van der Waals surface area contributed by atoms with E-state index in [2.05, 4.69) is 21.3 Å². The van der Waals surface area contributed by atoms with Gasteiger partial charge < -0.3 is 36.0 Å². The maximum atomic E-state index is 14.5. The summed E-state index contributed by atoms with van der Waals surface area (Å²) in [6, 6.07) is 13.6. The lowest BCUT2D eigenvalue weighted by atomic mass is 9.73. The van der Waals surface area contributed by atoms with Gasteiger partial charge in [-0.3, -0.25) is 24.1 Å². The first kappa shape index (κ1) is 53.7. The van der Waals surface area contributed by atoms with Crippen molar-refractivity contribution in [1.29, 1.82) is 0 Å². The fourth-order valence-electron chi connectivity index (χ4n) is 9.03. The SMILES string of the molecule is CC(C)C[C@@H](NC(=O)[C@@H](Cc1ccccc1)NC(=O)[C@@H](Cc1ccccc1)N(C(=O)O)C(C)(C)C)C(=O)N[C@H](CCCCNC(=O)OC(C)(C)C)C(=O)N1CCC2(CC1)CN(S(=O)(=O)C1CC1)C2. The van der Waals surface area contributed by atoms with E-state index in [4.69, 9.17) is 4.74 Å². The van der Waals surface area contributed by atoms with Crippen LogP contribution in [-0.2, 0) is 46.8 Å². The largest absolute Gasteiger partial charge is 0.465 e. The summed E-state index contributed by atoms with van der Waals surface area (Å²) in [5.74, 6) is -2.29. The van der Waals surface area contributed by atoms with Crippen molar-refractivity contribution in [2.24, 2.45) is 11.3 Å². The summed E-state index contributed by atoms with van der Waals surface area (Å²) in [7, 11) is -3.27. The number of carbonyl (C=O) groups excluding carboxylic acids is 5. The Bertz CT molecular complexity index is 2160. The molecule has 1 aliphatic carbocycles. The number of hydrogen-bond acceptors (Lipinski definition) is 9. The molecule has 0 unspecified atom stereocenters. The van der Waals surface area contributed by atoms with Gasteiger partial charge in [0, 0.05) is 56.5 Å². The van der Waals surface area contributed by atoms with E-state index in [1.165, 1.54) is 0 Å². The first-order chi connectivity index (χ1) is 31.9. The van der Waals surface area contributed by atoms with E-state index in [0.29, 0.717) is 64.7 Å². The van der Waals surface area contributed by atoms with E-state index in [0.717, 1.165) is 16.0 Å². The average Bonchev–Trinajstić information content (AvgIpc) is 4.10. The minimum atomic E-state index is -3.27. The third-order valence-electron chi connectivity index (χ3n) is 12.7. The van der Waals surface area contributed by atoms with Gasteiger partial charge in [-0.1, -0.05) is 74.5 Å². The molecule has 1 saturated carbocycles. The Hall–Kier alpha value is -5.23. The molecule has 2 aromatic rings. The molecule has 0 aromatic heterocycles. The molecule has 2 aromatic carbocycles. The molecule has 3 fully saturated rings. The molecule has 0 bridgehead atoms. The van der Waals surface area contributed by atoms with Crippen molar-refractivity contribution in [3.05, 3.63) is 71.8 Å². The van der Waals surface area contributed by atoms with Crippen molar-refractivity contribution in [1.82, 2.24) is 35.4 Å². The van der Waals surface area contributed by atoms with Crippen LogP contribution in [0.1, 0.15) is 118 Å². The molecule has 1 spiro atoms. The lowest BCUT2D eigenvalue weighted by Gasteiger charge is -2.53. The van der Waals surface area contributed by atoms with Gasteiger partial charge in [0.15, 0.2) is 0 Å². The van der Waals surface area contributed by atoms with Crippen molar-refractivity contribution in [2.75, 3.05) is 32.7 Å². The molecule has 376 valence electrons. The zero-order valence-corrected chi connectivity index (χ0v) is 42.0. The Labute approximate surface area is 402 Å². The number of carbonyl (C=O) groups is 6. The number of sulfonamides is 1. The van der Waals surface area contributed by atoms with Gasteiger partial charge in [0.25, 0.3) is 0 Å². The van der Waals surface area contributed by atoms with E-state index < -0.39 is 75.2 Å². The summed E-state index contributed by atoms with van der Waals surface area (Å²) in [6.07, 6.45) is 2.25. The molecule has 3 aliphatic rings. The van der Waals surface area contributed by atoms with Gasteiger partial charge in [0.2, 0.25) is 33.7 Å². The van der Waals surface area contributed by atoms with Gasteiger partial charge in [-0.2, -0.15) is 0 Å². The lowest BCUT2D eigenvalue weighted by molar-refractivity contribution is -0.141. The summed E-state index contributed by atoms with van der Waals surface area (Å²) in [4.78, 5) is 85.7. The lowest BCUT2D eigenvalue weighted by Crippen LogP contribution is -2.64. The Kier molecular flexibility index (Phi) is 18.1. The average molecular weight is 966 g/mol. The molecule has 2 heterocycles. The number of amides is 6. The van der Waals surface area contributed by atoms with Crippen LogP contribution in [0, 0.1) is 11.3 Å². The number of carboxylic acid groups (broad SMARTS) is 1. The maximum absolute atomic E-state index is 14.5. The fraction of sp³-hybridized carbons (Fsp3) is 0.640. The number of benzene rings is 2. The molecule has 6 amide bonds. The monoisotopic (exact) mass is 966 g/mol. The molecule has 18 heteroatoms. The molecule has 5 N–H and O–H groups in total. The zero-order valence-electron chi connectivity index (χ0n) is 41.2. The molecule has 17 nitrogen and oxygen atoms in total. The van der Waals surface area contributed by atoms with Gasteiger partial charge in [0.1, 0.15) is 29.8 Å². The van der Waals surface area contributed by atoms with Crippen LogP contribution in [0.2, 0.25) is 0 Å². The second-order valence-electron chi connectivity index (χ2n) is 21.3. The number of ether oxygens (including phenoxy) is 1. The van der Waals surface area contributed by atoms with E-state index in [1.54, 1.807) is 87.1 Å². The first-order valence-corrected chi connectivity index (χ1v) is 25.6. The van der Waals surface area contributed by atoms with E-state index in [-0.39, 0.29) is 54.7 Å². The Morgan fingerprint density at radius 2 is 1.29 bits per heavy atom. The summed E-state index contributed by atoms with van der Waals surface area (Å²) >= 11 is 0. The summed E-state index contributed by atoms with van der Waals surface area (Å²) in [5, 5.41) is 21.6. The molecule has 68 heavy (non-hydrogen) atoms. The molecule has 0 radical (unpaired) electrons.